The lowest BCUT2D eigenvalue weighted by Crippen LogP contribution is -1.88. The van der Waals surface area contributed by atoms with E-state index in [1.54, 1.807) is 18.2 Å². The molecule has 0 aliphatic heterocycles. The summed E-state index contributed by atoms with van der Waals surface area (Å²) in [5.41, 5.74) is 0.399. The molecule has 2 aromatic rings. The molecule has 5 nitrogen and oxygen atoms in total. The third kappa shape index (κ3) is 2.41. The number of hydrogen-bond donors (Lipinski definition) is 1. The van der Waals surface area contributed by atoms with Gasteiger partial charge in [-0.1, -0.05) is 36.4 Å². The van der Waals surface area contributed by atoms with Gasteiger partial charge in [0.05, 0.1) is 5.69 Å². The van der Waals surface area contributed by atoms with Gasteiger partial charge in [0.15, 0.2) is 0 Å². The highest BCUT2D eigenvalue weighted by Crippen LogP contribution is 2.25. The Balaban J connectivity index is 2.57. The first-order chi connectivity index (χ1) is 7.56. The predicted octanol–water partition coefficient (Wildman–Crippen LogP) is 2.73. The number of fused-ring (bicyclic) bond motifs is 1. The maximum absolute atomic E-state index is 10.4. The lowest BCUT2D eigenvalue weighted by molar-refractivity contribution is 0.482. The molecule has 6 heteroatoms. The molecule has 0 aliphatic carbocycles. The summed E-state index contributed by atoms with van der Waals surface area (Å²) in [6.45, 7) is 0. The van der Waals surface area contributed by atoms with Crippen LogP contribution in [0.1, 0.15) is 0 Å². The average Bonchev–Trinajstić information content (AvgIpc) is 2.25. The maximum atomic E-state index is 10.4. The zero-order valence-corrected chi connectivity index (χ0v) is 8.92. The normalized spacial score (nSPS) is 12.3. The van der Waals surface area contributed by atoms with E-state index in [1.807, 2.05) is 24.3 Å². The molecule has 1 N–H and O–H groups in total. The minimum absolute atomic E-state index is 0.399. The van der Waals surface area contributed by atoms with Crippen molar-refractivity contribution in [1.82, 2.24) is 0 Å². The van der Waals surface area contributed by atoms with E-state index in [9.17, 15) is 8.42 Å². The Morgan fingerprint density at radius 2 is 1.69 bits per heavy atom. The summed E-state index contributed by atoms with van der Waals surface area (Å²) in [6, 6.07) is 12.6. The lowest BCUT2D eigenvalue weighted by atomic mass is 10.1. The highest BCUT2D eigenvalue weighted by molar-refractivity contribution is 7.84. The van der Waals surface area contributed by atoms with Crippen molar-refractivity contribution in [3.63, 3.8) is 0 Å². The molecule has 0 heterocycles. The molecule has 0 aromatic heterocycles. The van der Waals surface area contributed by atoms with Gasteiger partial charge in [-0.05, 0) is 16.0 Å². The summed E-state index contributed by atoms with van der Waals surface area (Å²) >= 11 is 0. The molecule has 0 spiro atoms. The Morgan fingerprint density at radius 3 is 2.44 bits per heavy atom. The van der Waals surface area contributed by atoms with Crippen LogP contribution in [0.2, 0.25) is 0 Å². The molecule has 0 fully saturated rings. The van der Waals surface area contributed by atoms with E-state index < -0.39 is 10.3 Å². The Labute approximate surface area is 92.3 Å². The van der Waals surface area contributed by atoms with Crippen LogP contribution in [0.25, 0.3) is 10.8 Å². The van der Waals surface area contributed by atoms with Crippen LogP contribution in [0.5, 0.6) is 0 Å². The van der Waals surface area contributed by atoms with Crippen molar-refractivity contribution in [1.29, 1.82) is 0 Å². The van der Waals surface area contributed by atoms with Gasteiger partial charge in [0.1, 0.15) is 0 Å². The van der Waals surface area contributed by atoms with E-state index in [-0.39, 0.29) is 0 Å². The lowest BCUT2D eigenvalue weighted by Gasteiger charge is -1.99. The van der Waals surface area contributed by atoms with Crippen molar-refractivity contribution in [2.24, 2.45) is 9.63 Å². The number of hydrogen-bond acceptors (Lipinski definition) is 3. The van der Waals surface area contributed by atoms with Gasteiger partial charge < -0.3 is 0 Å². The van der Waals surface area contributed by atoms with Crippen LogP contribution >= 0.6 is 0 Å². The van der Waals surface area contributed by atoms with Gasteiger partial charge >= 0.3 is 10.3 Å². The molecular weight excluding hydrogens is 228 g/mol. The monoisotopic (exact) mass is 236 g/mol. The molecule has 0 radical (unpaired) electrons. The van der Waals surface area contributed by atoms with Gasteiger partial charge in [-0.25, -0.2) is 0 Å². The molecule has 82 valence electrons. The Bertz CT molecular complexity index is 645. The molecule has 0 atom stereocenters. The van der Waals surface area contributed by atoms with Crippen LogP contribution in [0.3, 0.4) is 0 Å². The van der Waals surface area contributed by atoms with Gasteiger partial charge in [0.2, 0.25) is 0 Å². The summed E-state index contributed by atoms with van der Waals surface area (Å²) in [6.07, 6.45) is 0. The molecule has 16 heavy (non-hydrogen) atoms. The van der Waals surface area contributed by atoms with Crippen molar-refractivity contribution >= 4 is 26.8 Å². The Hall–Kier alpha value is -1.79. The highest BCUT2D eigenvalue weighted by atomic mass is 32.2. The average molecular weight is 236 g/mol. The van der Waals surface area contributed by atoms with Gasteiger partial charge in [-0.15, -0.1) is 5.11 Å². The van der Waals surface area contributed by atoms with Gasteiger partial charge in [0, 0.05) is 5.39 Å². The first-order valence-electron chi connectivity index (χ1n) is 4.44. The van der Waals surface area contributed by atoms with E-state index in [1.165, 1.54) is 0 Å². The van der Waals surface area contributed by atoms with Crippen molar-refractivity contribution in [3.05, 3.63) is 42.5 Å². The Morgan fingerprint density at radius 1 is 1.00 bits per heavy atom. The Kier molecular flexibility index (Phi) is 2.67. The quantitative estimate of drug-likeness (QED) is 0.643. The second kappa shape index (κ2) is 3.99. The van der Waals surface area contributed by atoms with Crippen molar-refractivity contribution in [3.8, 4) is 0 Å². The maximum Gasteiger partial charge on any atom is 0.396 e. The van der Waals surface area contributed by atoms with E-state index >= 15 is 0 Å². The summed E-state index contributed by atoms with van der Waals surface area (Å²) in [4.78, 5) is 0. The molecule has 0 saturated heterocycles. The molecule has 2 rings (SSSR count). The van der Waals surface area contributed by atoms with E-state index in [0.717, 1.165) is 10.8 Å². The first kappa shape index (κ1) is 10.7. The smallest absolute Gasteiger partial charge is 0.267 e. The largest absolute Gasteiger partial charge is 0.396 e. The SMILES string of the molecule is O=S(=O)(O)N=Nc1cccc2ccccc12. The topological polar surface area (TPSA) is 79.1 Å². The van der Waals surface area contributed by atoms with Crippen LogP contribution in [-0.2, 0) is 10.3 Å². The molecule has 0 amide bonds. The minimum atomic E-state index is -4.43. The fourth-order valence-electron chi connectivity index (χ4n) is 1.39. The zero-order valence-electron chi connectivity index (χ0n) is 8.11. The van der Waals surface area contributed by atoms with Gasteiger partial charge in [0.25, 0.3) is 0 Å². The second-order valence-electron chi connectivity index (χ2n) is 3.13. The molecular formula is C10H8N2O3S. The third-order valence-corrected chi connectivity index (χ3v) is 2.31. The predicted molar refractivity (Wildman–Crippen MR) is 60.0 cm³/mol. The number of nitrogens with zero attached hydrogens (tertiary/aromatic N) is 2. The van der Waals surface area contributed by atoms with E-state index in [0.29, 0.717) is 5.69 Å². The first-order valence-corrected chi connectivity index (χ1v) is 5.84. The van der Waals surface area contributed by atoms with E-state index in [4.69, 9.17) is 4.55 Å². The highest BCUT2D eigenvalue weighted by Gasteiger charge is 2.01. The molecule has 0 saturated carbocycles. The second-order valence-corrected chi connectivity index (χ2v) is 4.19. The van der Waals surface area contributed by atoms with Crippen LogP contribution in [-0.4, -0.2) is 13.0 Å². The summed E-state index contributed by atoms with van der Waals surface area (Å²) in [5, 5.41) is 5.19. The van der Waals surface area contributed by atoms with Gasteiger partial charge in [-0.2, -0.15) is 8.42 Å². The molecule has 2 aromatic carbocycles. The number of benzene rings is 2. The zero-order chi connectivity index (χ0) is 11.6. The molecule has 0 bridgehead atoms. The van der Waals surface area contributed by atoms with Gasteiger partial charge in [-0.3, -0.25) is 4.55 Å². The van der Waals surface area contributed by atoms with Crippen LogP contribution < -0.4 is 0 Å². The summed E-state index contributed by atoms with van der Waals surface area (Å²) in [7, 11) is -4.43. The fraction of sp³-hybridized carbons (Fsp3) is 0. The van der Waals surface area contributed by atoms with Crippen LogP contribution in [0.4, 0.5) is 5.69 Å². The summed E-state index contributed by atoms with van der Waals surface area (Å²) < 4.78 is 32.2. The van der Waals surface area contributed by atoms with Crippen molar-refractivity contribution < 1.29 is 13.0 Å². The minimum Gasteiger partial charge on any atom is -0.267 e. The van der Waals surface area contributed by atoms with Crippen LogP contribution in [0, 0.1) is 0 Å². The molecule has 0 aliphatic rings. The fourth-order valence-corrected chi connectivity index (χ4v) is 1.58. The molecule has 0 unspecified atom stereocenters. The summed E-state index contributed by atoms with van der Waals surface area (Å²) in [5.74, 6) is 0. The third-order valence-electron chi connectivity index (χ3n) is 2.02. The van der Waals surface area contributed by atoms with Crippen molar-refractivity contribution in [2.75, 3.05) is 0 Å². The van der Waals surface area contributed by atoms with E-state index in [2.05, 4.69) is 9.63 Å². The van der Waals surface area contributed by atoms with Crippen molar-refractivity contribution in [2.45, 2.75) is 0 Å². The standard InChI is InChI=1S/C10H8N2O3S/c13-16(14,15)12-11-10-7-3-5-8-4-1-2-6-9(8)10/h1-7H,(H,13,14,15). The van der Waals surface area contributed by atoms with Crippen LogP contribution in [0.15, 0.2) is 52.1 Å². The number of rotatable bonds is 2.